The third-order valence-corrected chi connectivity index (χ3v) is 5.85. The van der Waals surface area contributed by atoms with Gasteiger partial charge in [0.05, 0.1) is 16.7 Å². The molecule has 0 spiro atoms. The van der Waals surface area contributed by atoms with Crippen LogP contribution < -0.4 is 15.5 Å². The first-order valence-electron chi connectivity index (χ1n) is 10.2. The lowest BCUT2D eigenvalue weighted by Gasteiger charge is -2.09. The minimum Gasteiger partial charge on any atom is -0.460 e. The van der Waals surface area contributed by atoms with Crippen LogP contribution in [0.3, 0.4) is 0 Å². The maximum atomic E-state index is 13.0. The number of thioether (sulfide) groups is 1. The summed E-state index contributed by atoms with van der Waals surface area (Å²) in [4.78, 5) is 37.3. The molecule has 0 atom stereocenters. The molecule has 1 amide bonds. The van der Waals surface area contributed by atoms with Crippen molar-refractivity contribution in [3.8, 4) is 16.9 Å². The van der Waals surface area contributed by atoms with Crippen LogP contribution in [0.2, 0.25) is 0 Å². The fourth-order valence-electron chi connectivity index (χ4n) is 3.43. The van der Waals surface area contributed by atoms with Gasteiger partial charge in [-0.2, -0.15) is 0 Å². The molecule has 4 rings (SSSR count). The molecule has 0 radical (unpaired) electrons. The molecule has 0 aliphatic heterocycles. The van der Waals surface area contributed by atoms with E-state index in [-0.39, 0.29) is 17.1 Å². The Labute approximate surface area is 194 Å². The van der Waals surface area contributed by atoms with E-state index in [2.05, 4.69) is 5.32 Å². The molecule has 1 heterocycles. The fraction of sp³-hybridized carbons (Fsp3) is 0.115. The number of fused-ring (bicyclic) bond motifs is 1. The highest BCUT2D eigenvalue weighted by atomic mass is 32.2. The van der Waals surface area contributed by atoms with Gasteiger partial charge in [0.25, 0.3) is 0 Å². The average Bonchev–Trinajstić information content (AvgIpc) is 2.79. The second-order valence-electron chi connectivity index (χ2n) is 7.35. The van der Waals surface area contributed by atoms with Crippen molar-refractivity contribution in [3.05, 3.63) is 88.8 Å². The molecule has 0 unspecified atom stereocenters. The monoisotopic (exact) mass is 459 g/mol. The van der Waals surface area contributed by atoms with Crippen LogP contribution in [0.25, 0.3) is 22.1 Å². The van der Waals surface area contributed by atoms with Crippen molar-refractivity contribution in [2.75, 3.05) is 11.1 Å². The second-order valence-corrected chi connectivity index (χ2v) is 8.40. The summed E-state index contributed by atoms with van der Waals surface area (Å²) in [5, 5.41) is 3.12. The van der Waals surface area contributed by atoms with Crippen LogP contribution in [0.4, 0.5) is 5.69 Å². The van der Waals surface area contributed by atoms with Gasteiger partial charge in [-0.1, -0.05) is 30.3 Å². The smallest absolute Gasteiger partial charge is 0.321 e. The van der Waals surface area contributed by atoms with Crippen LogP contribution in [0.5, 0.6) is 5.75 Å². The highest BCUT2D eigenvalue weighted by Gasteiger charge is 2.15. The lowest BCUT2D eigenvalue weighted by molar-refractivity contribution is -0.131. The Hall–Kier alpha value is -3.84. The quantitative estimate of drug-likeness (QED) is 0.235. The first-order chi connectivity index (χ1) is 15.9. The van der Waals surface area contributed by atoms with Gasteiger partial charge in [0.2, 0.25) is 11.3 Å². The van der Waals surface area contributed by atoms with Crippen LogP contribution in [-0.4, -0.2) is 17.6 Å². The minimum atomic E-state index is -0.426. The number of amides is 1. The molecule has 6 nitrogen and oxygen atoms in total. The first-order valence-corrected chi connectivity index (χ1v) is 11.2. The van der Waals surface area contributed by atoms with Crippen LogP contribution in [-0.2, 0) is 9.59 Å². The second kappa shape index (κ2) is 9.75. The van der Waals surface area contributed by atoms with Gasteiger partial charge in [-0.3, -0.25) is 14.4 Å². The van der Waals surface area contributed by atoms with Crippen molar-refractivity contribution in [1.82, 2.24) is 0 Å². The van der Waals surface area contributed by atoms with E-state index in [1.807, 2.05) is 42.5 Å². The van der Waals surface area contributed by atoms with Crippen LogP contribution >= 0.6 is 11.8 Å². The van der Waals surface area contributed by atoms with Gasteiger partial charge in [-0.15, -0.1) is 11.8 Å². The average molecular weight is 460 g/mol. The third kappa shape index (κ3) is 5.32. The van der Waals surface area contributed by atoms with Crippen molar-refractivity contribution < 1.29 is 18.7 Å². The highest BCUT2D eigenvalue weighted by molar-refractivity contribution is 8.00. The summed E-state index contributed by atoms with van der Waals surface area (Å²) in [6.07, 6.45) is 0. The number of carbonyl (C=O) groups excluding carboxylic acids is 2. The molecule has 0 aliphatic carbocycles. The van der Waals surface area contributed by atoms with Gasteiger partial charge >= 0.3 is 5.97 Å². The Balaban J connectivity index is 1.46. The van der Waals surface area contributed by atoms with E-state index in [4.69, 9.17) is 9.15 Å². The summed E-state index contributed by atoms with van der Waals surface area (Å²) < 4.78 is 11.3. The van der Waals surface area contributed by atoms with E-state index in [0.717, 1.165) is 10.5 Å². The normalized spacial score (nSPS) is 10.7. The number of ether oxygens (including phenoxy) is 1. The maximum absolute atomic E-state index is 13.0. The van der Waals surface area contributed by atoms with Crippen molar-refractivity contribution in [2.24, 2.45) is 0 Å². The SMILES string of the molecule is CC(=O)Nc1ccc(SCC(=O)Oc2ccc3c(=O)c(-c4ccccc4)c(C)oc3c2)cc1. The van der Waals surface area contributed by atoms with Crippen molar-refractivity contribution in [1.29, 1.82) is 0 Å². The molecule has 1 aromatic heterocycles. The topological polar surface area (TPSA) is 85.6 Å². The number of carbonyl (C=O) groups is 2. The van der Waals surface area contributed by atoms with Gasteiger partial charge in [0.1, 0.15) is 17.1 Å². The van der Waals surface area contributed by atoms with E-state index in [9.17, 15) is 14.4 Å². The number of hydrogen-bond donors (Lipinski definition) is 1. The van der Waals surface area contributed by atoms with Gasteiger partial charge in [-0.05, 0) is 48.9 Å². The molecular formula is C26H21NO5S. The number of nitrogens with one attached hydrogen (secondary N) is 1. The number of aryl methyl sites for hydroxylation is 1. The molecule has 1 N–H and O–H groups in total. The summed E-state index contributed by atoms with van der Waals surface area (Å²) in [6.45, 7) is 3.19. The molecule has 0 bridgehead atoms. The van der Waals surface area contributed by atoms with E-state index >= 15 is 0 Å². The van der Waals surface area contributed by atoms with Gasteiger partial charge in [0, 0.05) is 23.6 Å². The van der Waals surface area contributed by atoms with Crippen LogP contribution in [0, 0.1) is 6.92 Å². The molecule has 0 fully saturated rings. The maximum Gasteiger partial charge on any atom is 0.321 e. The Bertz CT molecular complexity index is 1380. The van der Waals surface area contributed by atoms with Gasteiger partial charge in [-0.25, -0.2) is 0 Å². The van der Waals surface area contributed by atoms with E-state index in [0.29, 0.717) is 33.7 Å². The fourth-order valence-corrected chi connectivity index (χ4v) is 4.10. The molecule has 166 valence electrons. The summed E-state index contributed by atoms with van der Waals surface area (Å²) in [6, 6.07) is 21.3. The Morgan fingerprint density at radius 2 is 1.73 bits per heavy atom. The van der Waals surface area contributed by atoms with Crippen molar-refractivity contribution in [2.45, 2.75) is 18.7 Å². The minimum absolute atomic E-state index is 0.105. The van der Waals surface area contributed by atoms with E-state index < -0.39 is 5.97 Å². The number of benzene rings is 3. The summed E-state index contributed by atoms with van der Waals surface area (Å²) >= 11 is 1.32. The summed E-state index contributed by atoms with van der Waals surface area (Å²) in [7, 11) is 0. The lowest BCUT2D eigenvalue weighted by Crippen LogP contribution is -2.11. The molecular weight excluding hydrogens is 438 g/mol. The Morgan fingerprint density at radius 3 is 2.42 bits per heavy atom. The number of hydrogen-bond acceptors (Lipinski definition) is 6. The lowest BCUT2D eigenvalue weighted by atomic mass is 10.0. The predicted octanol–water partition coefficient (Wildman–Crippen LogP) is 5.42. The first kappa shape index (κ1) is 22.4. The van der Waals surface area contributed by atoms with Gasteiger partial charge < -0.3 is 14.5 Å². The molecule has 3 aromatic carbocycles. The van der Waals surface area contributed by atoms with Crippen molar-refractivity contribution >= 4 is 40.3 Å². The number of rotatable bonds is 6. The molecule has 0 aliphatic rings. The van der Waals surface area contributed by atoms with Crippen molar-refractivity contribution in [3.63, 3.8) is 0 Å². The summed E-state index contributed by atoms with van der Waals surface area (Å²) in [5.41, 5.74) is 2.25. The Morgan fingerprint density at radius 1 is 1.00 bits per heavy atom. The molecule has 4 aromatic rings. The third-order valence-electron chi connectivity index (χ3n) is 4.87. The largest absolute Gasteiger partial charge is 0.460 e. The summed E-state index contributed by atoms with van der Waals surface area (Å²) in [5.74, 6) is 0.347. The van der Waals surface area contributed by atoms with Crippen LogP contribution in [0.1, 0.15) is 12.7 Å². The molecule has 0 saturated heterocycles. The number of esters is 1. The molecule has 7 heteroatoms. The predicted molar refractivity (Wildman–Crippen MR) is 130 cm³/mol. The van der Waals surface area contributed by atoms with E-state index in [1.54, 1.807) is 37.3 Å². The van der Waals surface area contributed by atoms with Crippen LogP contribution in [0.15, 0.2) is 86.9 Å². The van der Waals surface area contributed by atoms with E-state index in [1.165, 1.54) is 18.7 Å². The standard InChI is InChI=1S/C26H21NO5S/c1-16-25(18-6-4-3-5-7-18)26(30)22-13-10-20(14-23(22)31-16)32-24(29)15-33-21-11-8-19(9-12-21)27-17(2)28/h3-14H,15H2,1-2H3,(H,27,28). The zero-order chi connectivity index (χ0) is 23.4. The Kier molecular flexibility index (Phi) is 6.60. The number of anilines is 1. The zero-order valence-electron chi connectivity index (χ0n) is 18.1. The molecule has 0 saturated carbocycles. The molecule has 33 heavy (non-hydrogen) atoms. The highest BCUT2D eigenvalue weighted by Crippen LogP contribution is 2.27. The zero-order valence-corrected chi connectivity index (χ0v) is 18.9. The van der Waals surface area contributed by atoms with Gasteiger partial charge in [0.15, 0.2) is 0 Å².